The van der Waals surface area contributed by atoms with Crippen LogP contribution in [-0.2, 0) is 4.74 Å². The molecule has 4 nitrogen and oxygen atoms in total. The van der Waals surface area contributed by atoms with Crippen molar-refractivity contribution in [2.45, 2.75) is 13.0 Å². The Morgan fingerprint density at radius 2 is 2.40 bits per heavy atom. The topological polar surface area (TPSA) is 37.4 Å². The summed E-state index contributed by atoms with van der Waals surface area (Å²) in [6.07, 6.45) is 0. The molecule has 15 heavy (non-hydrogen) atoms. The van der Waals surface area contributed by atoms with Crippen LogP contribution in [0, 0.1) is 0 Å². The summed E-state index contributed by atoms with van der Waals surface area (Å²) >= 11 is 0. The van der Waals surface area contributed by atoms with Crippen LogP contribution < -0.4 is 10.2 Å². The zero-order chi connectivity index (χ0) is 10.7. The first kappa shape index (κ1) is 10.2. The van der Waals surface area contributed by atoms with Gasteiger partial charge in [0.25, 0.3) is 0 Å². The van der Waals surface area contributed by atoms with E-state index in [-0.39, 0.29) is 0 Å². The number of anilines is 2. The quantitative estimate of drug-likeness (QED) is 0.794. The number of hydrogen-bond donors (Lipinski definition) is 1. The first-order valence-corrected chi connectivity index (χ1v) is 5.30. The number of morpholine rings is 1. The van der Waals surface area contributed by atoms with E-state index < -0.39 is 0 Å². The molecule has 1 aliphatic rings. The fourth-order valence-corrected chi connectivity index (χ4v) is 1.79. The standard InChI is InChI=1S/C11H17N3O/c1-9-8-15-7-6-14(9)11-5-3-4-10(12-2)13-11/h3-5,9H,6-8H2,1-2H3,(H,12,13). The van der Waals surface area contributed by atoms with Crippen molar-refractivity contribution >= 4 is 11.6 Å². The fourth-order valence-electron chi connectivity index (χ4n) is 1.79. The molecule has 0 saturated carbocycles. The van der Waals surface area contributed by atoms with E-state index in [1.165, 1.54) is 0 Å². The van der Waals surface area contributed by atoms with Gasteiger partial charge >= 0.3 is 0 Å². The summed E-state index contributed by atoms with van der Waals surface area (Å²) in [5.74, 6) is 1.93. The number of pyridine rings is 1. The van der Waals surface area contributed by atoms with Crippen LogP contribution in [0.1, 0.15) is 6.92 Å². The molecule has 0 aromatic carbocycles. The molecule has 82 valence electrons. The molecule has 1 aromatic rings. The third-order valence-corrected chi connectivity index (χ3v) is 2.65. The van der Waals surface area contributed by atoms with Crippen LogP contribution in [0.25, 0.3) is 0 Å². The Labute approximate surface area is 90.3 Å². The number of hydrogen-bond acceptors (Lipinski definition) is 4. The lowest BCUT2D eigenvalue weighted by atomic mass is 10.2. The molecule has 1 aliphatic heterocycles. The van der Waals surface area contributed by atoms with Gasteiger partial charge in [0.1, 0.15) is 11.6 Å². The molecule has 0 radical (unpaired) electrons. The van der Waals surface area contributed by atoms with Crippen molar-refractivity contribution in [2.24, 2.45) is 0 Å². The van der Waals surface area contributed by atoms with E-state index in [4.69, 9.17) is 4.74 Å². The first-order valence-electron chi connectivity index (χ1n) is 5.30. The highest BCUT2D eigenvalue weighted by Crippen LogP contribution is 2.18. The lowest BCUT2D eigenvalue weighted by molar-refractivity contribution is 0.0985. The summed E-state index contributed by atoms with van der Waals surface area (Å²) in [4.78, 5) is 6.81. The van der Waals surface area contributed by atoms with Crippen molar-refractivity contribution in [3.05, 3.63) is 18.2 Å². The molecule has 0 aliphatic carbocycles. The minimum atomic E-state index is 0.401. The molecule has 1 N–H and O–H groups in total. The summed E-state index contributed by atoms with van der Waals surface area (Å²) in [5, 5.41) is 3.05. The zero-order valence-electron chi connectivity index (χ0n) is 9.23. The van der Waals surface area contributed by atoms with E-state index >= 15 is 0 Å². The van der Waals surface area contributed by atoms with Gasteiger partial charge in [-0.25, -0.2) is 4.98 Å². The molecule has 0 bridgehead atoms. The minimum absolute atomic E-state index is 0.401. The van der Waals surface area contributed by atoms with Crippen LogP contribution in [0.5, 0.6) is 0 Å². The number of rotatable bonds is 2. The van der Waals surface area contributed by atoms with Crippen molar-refractivity contribution in [1.29, 1.82) is 0 Å². The summed E-state index contributed by atoms with van der Waals surface area (Å²) < 4.78 is 5.40. The summed E-state index contributed by atoms with van der Waals surface area (Å²) in [7, 11) is 1.88. The Morgan fingerprint density at radius 1 is 1.53 bits per heavy atom. The Hall–Kier alpha value is -1.29. The van der Waals surface area contributed by atoms with Gasteiger partial charge < -0.3 is 15.0 Å². The fraction of sp³-hybridized carbons (Fsp3) is 0.545. The predicted molar refractivity (Wildman–Crippen MR) is 61.4 cm³/mol. The van der Waals surface area contributed by atoms with Crippen LogP contribution in [-0.4, -0.2) is 37.8 Å². The van der Waals surface area contributed by atoms with E-state index in [0.29, 0.717) is 6.04 Å². The average molecular weight is 207 g/mol. The number of ether oxygens (including phenoxy) is 1. The third-order valence-electron chi connectivity index (χ3n) is 2.65. The molecule has 2 heterocycles. The smallest absolute Gasteiger partial charge is 0.131 e. The molecule has 0 spiro atoms. The molecule has 1 saturated heterocycles. The van der Waals surface area contributed by atoms with E-state index in [1.54, 1.807) is 0 Å². The van der Waals surface area contributed by atoms with Gasteiger partial charge in [-0.2, -0.15) is 0 Å². The van der Waals surface area contributed by atoms with E-state index in [0.717, 1.165) is 31.4 Å². The average Bonchev–Trinajstić information content (AvgIpc) is 2.30. The van der Waals surface area contributed by atoms with Crippen molar-refractivity contribution < 1.29 is 4.74 Å². The summed E-state index contributed by atoms with van der Waals surface area (Å²) in [6.45, 7) is 4.65. The first-order chi connectivity index (χ1) is 7.31. The molecule has 0 amide bonds. The van der Waals surface area contributed by atoms with E-state index in [9.17, 15) is 0 Å². The summed E-state index contributed by atoms with van der Waals surface area (Å²) in [6, 6.07) is 6.44. The van der Waals surface area contributed by atoms with Crippen LogP contribution in [0.4, 0.5) is 11.6 Å². The molecular weight excluding hydrogens is 190 g/mol. The number of nitrogens with zero attached hydrogens (tertiary/aromatic N) is 2. The van der Waals surface area contributed by atoms with Crippen LogP contribution in [0.2, 0.25) is 0 Å². The maximum absolute atomic E-state index is 5.40. The van der Waals surface area contributed by atoms with Crippen molar-refractivity contribution in [1.82, 2.24) is 4.98 Å². The largest absolute Gasteiger partial charge is 0.377 e. The van der Waals surface area contributed by atoms with Crippen LogP contribution >= 0.6 is 0 Å². The molecule has 1 aromatic heterocycles. The van der Waals surface area contributed by atoms with E-state index in [2.05, 4.69) is 22.1 Å². The molecular formula is C11H17N3O. The zero-order valence-corrected chi connectivity index (χ0v) is 9.23. The van der Waals surface area contributed by atoms with Gasteiger partial charge in [-0.1, -0.05) is 6.07 Å². The normalized spacial score (nSPS) is 21.5. The second-order valence-electron chi connectivity index (χ2n) is 3.75. The Balaban J connectivity index is 2.19. The van der Waals surface area contributed by atoms with Gasteiger partial charge in [-0.15, -0.1) is 0 Å². The minimum Gasteiger partial charge on any atom is -0.377 e. The van der Waals surface area contributed by atoms with Gasteiger partial charge in [0.05, 0.1) is 19.3 Å². The lowest BCUT2D eigenvalue weighted by Gasteiger charge is -2.34. The van der Waals surface area contributed by atoms with Crippen molar-refractivity contribution in [3.8, 4) is 0 Å². The Bertz CT molecular complexity index is 329. The van der Waals surface area contributed by atoms with E-state index in [1.807, 2.05) is 25.2 Å². The van der Waals surface area contributed by atoms with Gasteiger partial charge in [-0.05, 0) is 19.1 Å². The van der Waals surface area contributed by atoms with Gasteiger partial charge in [0.15, 0.2) is 0 Å². The third kappa shape index (κ3) is 2.21. The van der Waals surface area contributed by atoms with Crippen LogP contribution in [0.15, 0.2) is 18.2 Å². The molecule has 4 heteroatoms. The van der Waals surface area contributed by atoms with Gasteiger partial charge in [-0.3, -0.25) is 0 Å². The van der Waals surface area contributed by atoms with Crippen molar-refractivity contribution in [2.75, 3.05) is 37.0 Å². The maximum atomic E-state index is 5.40. The predicted octanol–water partition coefficient (Wildman–Crippen LogP) is 1.35. The highest BCUT2D eigenvalue weighted by molar-refractivity contribution is 5.47. The Kier molecular flexibility index (Phi) is 3.06. The number of nitrogens with one attached hydrogen (secondary N) is 1. The van der Waals surface area contributed by atoms with Crippen LogP contribution in [0.3, 0.4) is 0 Å². The van der Waals surface area contributed by atoms with Crippen molar-refractivity contribution in [3.63, 3.8) is 0 Å². The SMILES string of the molecule is CNc1cccc(N2CCOCC2C)n1. The molecule has 2 rings (SSSR count). The highest BCUT2D eigenvalue weighted by atomic mass is 16.5. The monoisotopic (exact) mass is 207 g/mol. The lowest BCUT2D eigenvalue weighted by Crippen LogP contribution is -2.44. The molecule has 1 unspecified atom stereocenters. The second kappa shape index (κ2) is 4.49. The van der Waals surface area contributed by atoms with Gasteiger partial charge in [0.2, 0.25) is 0 Å². The maximum Gasteiger partial charge on any atom is 0.131 e. The molecule has 1 fully saturated rings. The molecule has 1 atom stereocenters. The number of aromatic nitrogens is 1. The Morgan fingerprint density at radius 3 is 3.13 bits per heavy atom. The van der Waals surface area contributed by atoms with Gasteiger partial charge in [0, 0.05) is 13.6 Å². The summed E-state index contributed by atoms with van der Waals surface area (Å²) in [5.41, 5.74) is 0. The highest BCUT2D eigenvalue weighted by Gasteiger charge is 2.19. The second-order valence-corrected chi connectivity index (χ2v) is 3.75.